The Morgan fingerprint density at radius 2 is 1.81 bits per heavy atom. The Bertz CT molecular complexity index is 1210. The van der Waals surface area contributed by atoms with Crippen molar-refractivity contribution in [3.8, 4) is 0 Å². The summed E-state index contributed by atoms with van der Waals surface area (Å²) in [6.45, 7) is 2.42. The van der Waals surface area contributed by atoms with E-state index in [1.165, 1.54) is 5.56 Å². The third-order valence-corrected chi connectivity index (χ3v) is 5.32. The highest BCUT2D eigenvalue weighted by Crippen LogP contribution is 2.14. The van der Waals surface area contributed by atoms with Gasteiger partial charge in [-0.05, 0) is 43.2 Å². The van der Waals surface area contributed by atoms with Gasteiger partial charge in [0.05, 0.1) is 23.3 Å². The first-order chi connectivity index (χ1) is 15.1. The van der Waals surface area contributed by atoms with Crippen LogP contribution in [0, 0.1) is 0 Å². The summed E-state index contributed by atoms with van der Waals surface area (Å²) >= 11 is 0. The third kappa shape index (κ3) is 4.91. The first kappa shape index (κ1) is 20.6. The molecule has 0 aliphatic carbocycles. The Labute approximate surface area is 180 Å². The average Bonchev–Trinajstić information content (AvgIpc) is 3.33. The summed E-state index contributed by atoms with van der Waals surface area (Å²) in [7, 11) is 0. The fraction of sp³-hybridized carbons (Fsp3) is 0.240. The quantitative estimate of drug-likeness (QED) is 0.471. The number of aryl methyl sites for hydroxylation is 3. The molecule has 4 aromatic rings. The fourth-order valence-corrected chi connectivity index (χ4v) is 3.67. The Morgan fingerprint density at radius 1 is 1.03 bits per heavy atom. The molecule has 158 valence electrons. The average molecular weight is 415 g/mol. The molecule has 2 aromatic carbocycles. The zero-order valence-electron chi connectivity index (χ0n) is 17.5. The van der Waals surface area contributed by atoms with Crippen LogP contribution in [-0.4, -0.2) is 15.5 Å². The van der Waals surface area contributed by atoms with Crippen molar-refractivity contribution >= 4 is 16.9 Å². The number of rotatable bonds is 8. The van der Waals surface area contributed by atoms with Gasteiger partial charge in [0.2, 0.25) is 5.91 Å². The zero-order chi connectivity index (χ0) is 21.6. The molecule has 0 fully saturated rings. The Kier molecular flexibility index (Phi) is 6.26. The molecule has 2 heterocycles. The van der Waals surface area contributed by atoms with Crippen molar-refractivity contribution in [1.82, 2.24) is 14.9 Å². The third-order valence-electron chi connectivity index (χ3n) is 5.32. The molecule has 0 unspecified atom stereocenters. The Morgan fingerprint density at radius 3 is 2.58 bits per heavy atom. The number of carbonyl (C=O) groups is 1. The van der Waals surface area contributed by atoms with Crippen LogP contribution in [0.4, 0.5) is 0 Å². The van der Waals surface area contributed by atoms with E-state index in [2.05, 4.69) is 22.4 Å². The molecule has 0 bridgehead atoms. The van der Waals surface area contributed by atoms with Crippen LogP contribution in [0.15, 0.2) is 82.2 Å². The topological polar surface area (TPSA) is 77.1 Å². The second-order valence-corrected chi connectivity index (χ2v) is 7.54. The van der Waals surface area contributed by atoms with Gasteiger partial charge in [0.15, 0.2) is 0 Å². The number of furan rings is 1. The number of para-hydroxylation sites is 2. The fourth-order valence-electron chi connectivity index (χ4n) is 3.67. The van der Waals surface area contributed by atoms with Crippen molar-refractivity contribution in [2.75, 3.05) is 0 Å². The molecule has 31 heavy (non-hydrogen) atoms. The van der Waals surface area contributed by atoms with E-state index in [9.17, 15) is 9.59 Å². The second-order valence-electron chi connectivity index (χ2n) is 7.54. The molecule has 0 aliphatic rings. The van der Waals surface area contributed by atoms with Gasteiger partial charge in [0, 0.05) is 19.4 Å². The van der Waals surface area contributed by atoms with Crippen LogP contribution in [0.25, 0.3) is 11.0 Å². The van der Waals surface area contributed by atoms with Crippen LogP contribution < -0.4 is 10.9 Å². The van der Waals surface area contributed by atoms with Gasteiger partial charge in [-0.2, -0.15) is 0 Å². The lowest BCUT2D eigenvalue weighted by Crippen LogP contribution is -2.30. The van der Waals surface area contributed by atoms with Crippen LogP contribution in [-0.2, 0) is 24.2 Å². The van der Waals surface area contributed by atoms with Gasteiger partial charge < -0.3 is 14.3 Å². The summed E-state index contributed by atoms with van der Waals surface area (Å²) in [5.74, 6) is 0.551. The van der Waals surface area contributed by atoms with E-state index in [-0.39, 0.29) is 30.3 Å². The highest BCUT2D eigenvalue weighted by atomic mass is 16.3. The minimum atomic E-state index is -0.227. The summed E-state index contributed by atoms with van der Waals surface area (Å²) in [5, 5.41) is 2.90. The molecule has 0 aliphatic heterocycles. The lowest BCUT2D eigenvalue weighted by Gasteiger charge is -2.13. The van der Waals surface area contributed by atoms with Gasteiger partial charge in [0.1, 0.15) is 11.5 Å². The van der Waals surface area contributed by atoms with E-state index in [0.29, 0.717) is 18.0 Å². The van der Waals surface area contributed by atoms with Gasteiger partial charge in [-0.15, -0.1) is 0 Å². The largest absolute Gasteiger partial charge is 0.467 e. The highest BCUT2D eigenvalue weighted by Gasteiger charge is 2.15. The van der Waals surface area contributed by atoms with E-state index < -0.39 is 0 Å². The number of nitrogens with one attached hydrogen (secondary N) is 1. The molecule has 1 atom stereocenters. The Balaban J connectivity index is 1.51. The van der Waals surface area contributed by atoms with E-state index in [1.54, 1.807) is 16.9 Å². The van der Waals surface area contributed by atoms with Crippen LogP contribution in [0.5, 0.6) is 0 Å². The van der Waals surface area contributed by atoms with E-state index >= 15 is 0 Å². The number of fused-ring (bicyclic) bond motifs is 1. The van der Waals surface area contributed by atoms with Crippen LogP contribution in [0.2, 0.25) is 0 Å². The van der Waals surface area contributed by atoms with Crippen molar-refractivity contribution in [3.63, 3.8) is 0 Å². The molecular weight excluding hydrogens is 390 g/mol. The smallest absolute Gasteiger partial charge is 0.272 e. The summed E-state index contributed by atoms with van der Waals surface area (Å²) in [6, 6.07) is 21.1. The maximum atomic E-state index is 13.2. The van der Waals surface area contributed by atoms with E-state index in [0.717, 1.165) is 17.5 Å². The maximum absolute atomic E-state index is 13.2. The SMILES string of the molecule is C[C@@H](NC(=O)CCc1nc2ccccc2n(CCc2ccccc2)c1=O)c1ccco1. The molecule has 6 nitrogen and oxygen atoms in total. The first-order valence-corrected chi connectivity index (χ1v) is 10.5. The second kappa shape index (κ2) is 9.43. The summed E-state index contributed by atoms with van der Waals surface area (Å²) in [4.78, 5) is 30.1. The lowest BCUT2D eigenvalue weighted by molar-refractivity contribution is -0.121. The number of hydrogen-bond donors (Lipinski definition) is 1. The zero-order valence-corrected chi connectivity index (χ0v) is 17.5. The molecule has 0 radical (unpaired) electrons. The van der Waals surface area contributed by atoms with Gasteiger partial charge in [-0.3, -0.25) is 9.59 Å². The highest BCUT2D eigenvalue weighted by molar-refractivity contribution is 5.77. The Hall–Kier alpha value is -3.67. The number of amides is 1. The normalized spacial score (nSPS) is 12.0. The molecule has 0 saturated heterocycles. The van der Waals surface area contributed by atoms with Crippen LogP contribution in [0.3, 0.4) is 0 Å². The molecule has 6 heteroatoms. The molecule has 0 saturated carbocycles. The van der Waals surface area contributed by atoms with Crippen molar-refractivity contribution < 1.29 is 9.21 Å². The van der Waals surface area contributed by atoms with Crippen molar-refractivity contribution in [3.05, 3.63) is 100 Å². The van der Waals surface area contributed by atoms with Crippen molar-refractivity contribution in [2.24, 2.45) is 0 Å². The predicted octanol–water partition coefficient (Wildman–Crippen LogP) is 4.04. The maximum Gasteiger partial charge on any atom is 0.272 e. The standard InChI is InChI=1S/C25H25N3O3/c1-18(23-12-7-17-31-23)26-24(29)14-13-21-25(30)28(16-15-19-8-3-2-4-9-19)22-11-6-5-10-20(22)27-21/h2-12,17-18H,13-16H2,1H3,(H,26,29)/t18-/m1/s1. The number of carbonyl (C=O) groups excluding carboxylic acids is 1. The number of nitrogens with zero attached hydrogens (tertiary/aromatic N) is 2. The van der Waals surface area contributed by atoms with Gasteiger partial charge in [-0.1, -0.05) is 42.5 Å². The molecule has 2 aromatic heterocycles. The summed E-state index contributed by atoms with van der Waals surface area (Å²) in [6.07, 6.45) is 2.79. The predicted molar refractivity (Wildman–Crippen MR) is 120 cm³/mol. The van der Waals surface area contributed by atoms with Crippen molar-refractivity contribution in [1.29, 1.82) is 0 Å². The van der Waals surface area contributed by atoms with E-state index in [4.69, 9.17) is 4.42 Å². The monoisotopic (exact) mass is 415 g/mol. The lowest BCUT2D eigenvalue weighted by atomic mass is 10.1. The summed E-state index contributed by atoms with van der Waals surface area (Å²) in [5.41, 5.74) is 3.01. The van der Waals surface area contributed by atoms with Gasteiger partial charge >= 0.3 is 0 Å². The molecule has 1 N–H and O–H groups in total. The first-order valence-electron chi connectivity index (χ1n) is 10.5. The minimum Gasteiger partial charge on any atom is -0.467 e. The van der Waals surface area contributed by atoms with Crippen molar-refractivity contribution in [2.45, 2.75) is 38.8 Å². The van der Waals surface area contributed by atoms with Gasteiger partial charge in [0.25, 0.3) is 5.56 Å². The van der Waals surface area contributed by atoms with Gasteiger partial charge in [-0.25, -0.2) is 4.98 Å². The van der Waals surface area contributed by atoms with E-state index in [1.807, 2.05) is 55.5 Å². The molecule has 4 rings (SSSR count). The summed E-state index contributed by atoms with van der Waals surface area (Å²) < 4.78 is 7.10. The molecule has 1 amide bonds. The minimum absolute atomic E-state index is 0.137. The van der Waals surface area contributed by atoms with Crippen LogP contribution >= 0.6 is 0 Å². The number of aromatic nitrogens is 2. The molecule has 0 spiro atoms. The van der Waals surface area contributed by atoms with Crippen LogP contribution in [0.1, 0.15) is 36.4 Å². The number of hydrogen-bond acceptors (Lipinski definition) is 4. The number of benzene rings is 2. The molecular formula is C25H25N3O3.